The first-order valence-electron chi connectivity index (χ1n) is 10.4. The lowest BCUT2D eigenvalue weighted by Gasteiger charge is -2.15. The normalized spacial score (nSPS) is 15.5. The molecule has 5 nitrogen and oxygen atoms in total. The zero-order valence-corrected chi connectivity index (χ0v) is 22.6. The number of rotatable bonds is 5. The second kappa shape index (κ2) is 10.4. The van der Waals surface area contributed by atoms with Crippen LogP contribution < -0.4 is 4.80 Å². The predicted molar refractivity (Wildman–Crippen MR) is 147 cm³/mol. The lowest BCUT2D eigenvalue weighted by molar-refractivity contribution is 0.244. The van der Waals surface area contributed by atoms with Crippen molar-refractivity contribution in [1.82, 2.24) is 9.47 Å². The van der Waals surface area contributed by atoms with Crippen LogP contribution in [0.25, 0.3) is 16.9 Å². The van der Waals surface area contributed by atoms with Crippen LogP contribution in [-0.2, 0) is 6.54 Å². The van der Waals surface area contributed by atoms with Crippen molar-refractivity contribution in [2.45, 2.75) is 6.54 Å². The molecule has 34 heavy (non-hydrogen) atoms. The molecule has 1 amide bonds. The number of amidine groups is 1. The number of hydrogen-bond acceptors (Lipinski definition) is 5. The number of halogens is 2. The maximum Gasteiger partial charge on any atom is 0.287 e. The zero-order chi connectivity index (χ0) is 23.5. The molecule has 1 aliphatic heterocycles. The Morgan fingerprint density at radius 2 is 1.53 bits per heavy atom. The van der Waals surface area contributed by atoms with E-state index in [1.165, 1.54) is 23.1 Å². The fraction of sp³-hybridized carbons (Fsp3) is 0.0800. The lowest BCUT2D eigenvalue weighted by Crippen LogP contribution is -2.28. The molecule has 1 aromatic heterocycles. The van der Waals surface area contributed by atoms with Gasteiger partial charge in [-0.2, -0.15) is 0 Å². The predicted octanol–water partition coefficient (Wildman–Crippen LogP) is 7.31. The molecule has 0 bridgehead atoms. The van der Waals surface area contributed by atoms with Gasteiger partial charge >= 0.3 is 0 Å². The minimum absolute atomic E-state index is 0.000297. The highest BCUT2D eigenvalue weighted by Gasteiger charge is 2.28. The number of amides is 1. The van der Waals surface area contributed by atoms with Gasteiger partial charge in [-0.1, -0.05) is 86.1 Å². The van der Waals surface area contributed by atoms with Crippen molar-refractivity contribution in [3.05, 3.63) is 104 Å². The zero-order valence-electron chi connectivity index (χ0n) is 17.8. The van der Waals surface area contributed by atoms with Crippen LogP contribution in [0.1, 0.15) is 5.56 Å². The summed E-state index contributed by atoms with van der Waals surface area (Å²) in [5.41, 5.74) is 4.15. The van der Waals surface area contributed by atoms with Gasteiger partial charge in [-0.15, -0.1) is 21.5 Å². The van der Waals surface area contributed by atoms with Gasteiger partial charge in [0.25, 0.3) is 5.24 Å². The maximum absolute atomic E-state index is 12.5. The Labute approximate surface area is 222 Å². The average Bonchev–Trinajstić information content (AvgIpc) is 3.43. The molecule has 0 saturated carbocycles. The quantitative estimate of drug-likeness (QED) is 0.222. The van der Waals surface area contributed by atoms with Gasteiger partial charge in [-0.05, 0) is 47.5 Å². The molecule has 1 saturated heterocycles. The summed E-state index contributed by atoms with van der Waals surface area (Å²) in [6.07, 6.45) is 0. The fourth-order valence-corrected chi connectivity index (χ4v) is 5.71. The Balaban J connectivity index is 1.57. The smallest absolute Gasteiger partial charge is 0.284 e. The number of thioether (sulfide) groups is 1. The molecular weight excluding hydrogens is 596 g/mol. The van der Waals surface area contributed by atoms with Crippen LogP contribution in [-0.4, -0.2) is 26.3 Å². The van der Waals surface area contributed by atoms with Gasteiger partial charge in [-0.3, -0.25) is 14.3 Å². The van der Waals surface area contributed by atoms with Crippen LogP contribution in [0, 0.1) is 0 Å². The molecule has 0 atom stereocenters. The highest BCUT2D eigenvalue weighted by Crippen LogP contribution is 2.26. The summed E-state index contributed by atoms with van der Waals surface area (Å²) >= 11 is 9.80. The first kappa shape index (κ1) is 23.3. The molecule has 0 N–H and O–H groups in total. The Hall–Kier alpha value is -2.46. The molecule has 4 aromatic rings. The summed E-state index contributed by atoms with van der Waals surface area (Å²) in [6, 6.07) is 26.2. The molecule has 1 fully saturated rings. The lowest BCUT2D eigenvalue weighted by atomic mass is 10.1. The molecule has 2 heterocycles. The third kappa shape index (κ3) is 5.12. The summed E-state index contributed by atoms with van der Waals surface area (Å²) < 4.78 is 4.13. The largest absolute Gasteiger partial charge is 0.287 e. The Kier molecular flexibility index (Phi) is 7.15. The van der Waals surface area contributed by atoms with E-state index >= 15 is 0 Å². The number of hydrogen-bond donors (Lipinski definition) is 0. The van der Waals surface area contributed by atoms with Crippen LogP contribution in [0.4, 0.5) is 4.79 Å². The van der Waals surface area contributed by atoms with Crippen molar-refractivity contribution >= 4 is 66.0 Å². The highest BCUT2D eigenvalue weighted by atomic mass is 79.9. The Bertz CT molecular complexity index is 1410. The number of nitrogens with zero attached hydrogens (tertiary/aromatic N) is 4. The van der Waals surface area contributed by atoms with Crippen molar-refractivity contribution in [1.29, 1.82) is 0 Å². The van der Waals surface area contributed by atoms with E-state index in [9.17, 15) is 4.79 Å². The summed E-state index contributed by atoms with van der Waals surface area (Å²) in [5, 5.41) is 11.2. The van der Waals surface area contributed by atoms with Gasteiger partial charge in [0, 0.05) is 20.0 Å². The van der Waals surface area contributed by atoms with Crippen molar-refractivity contribution in [2.24, 2.45) is 10.2 Å². The Morgan fingerprint density at radius 3 is 2.24 bits per heavy atom. The fourth-order valence-electron chi connectivity index (χ4n) is 3.54. The monoisotopic (exact) mass is 612 g/mol. The molecule has 0 unspecified atom stereocenters. The van der Waals surface area contributed by atoms with Crippen molar-refractivity contribution in [2.75, 3.05) is 5.75 Å². The minimum atomic E-state index is 0.000297. The van der Waals surface area contributed by atoms with Crippen LogP contribution in [0.5, 0.6) is 0 Å². The molecule has 0 aliphatic carbocycles. The van der Waals surface area contributed by atoms with E-state index in [2.05, 4.69) is 64.1 Å². The summed E-state index contributed by atoms with van der Waals surface area (Å²) in [7, 11) is 0. The van der Waals surface area contributed by atoms with Crippen LogP contribution in [0.3, 0.4) is 0 Å². The first-order chi connectivity index (χ1) is 16.6. The standard InChI is InChI=1S/C25H18Br2N4OS2/c26-19-8-6-18(7-9-19)22-15-33-24(31(22)21-12-10-20(27)11-13-21)29-28-23-16-34-25(32)30(23)14-17-4-2-1-3-5-17/h1-13,15H,14,16H2/b28-23-,29-24+. The second-order valence-corrected chi connectivity index (χ2v) is 11.1. The van der Waals surface area contributed by atoms with E-state index in [1.807, 2.05) is 66.7 Å². The topological polar surface area (TPSA) is 50.0 Å². The molecular formula is C25H18Br2N4OS2. The van der Waals surface area contributed by atoms with Crippen LogP contribution in [0.2, 0.25) is 0 Å². The first-order valence-corrected chi connectivity index (χ1v) is 13.8. The van der Waals surface area contributed by atoms with Gasteiger partial charge in [-0.25, -0.2) is 0 Å². The van der Waals surface area contributed by atoms with Gasteiger partial charge in [0.1, 0.15) is 5.84 Å². The number of benzene rings is 3. The third-order valence-corrected chi connectivity index (χ3v) is 7.97. The molecule has 9 heteroatoms. The van der Waals surface area contributed by atoms with Gasteiger partial charge in [0.2, 0.25) is 4.80 Å². The molecule has 1 aliphatic rings. The summed E-state index contributed by atoms with van der Waals surface area (Å²) in [5.74, 6) is 1.18. The Morgan fingerprint density at radius 1 is 0.853 bits per heavy atom. The summed E-state index contributed by atoms with van der Waals surface area (Å²) in [4.78, 5) is 14.9. The third-order valence-electron chi connectivity index (χ3n) is 5.22. The van der Waals surface area contributed by atoms with E-state index < -0.39 is 0 Å². The van der Waals surface area contributed by atoms with Crippen molar-refractivity contribution in [3.8, 4) is 16.9 Å². The maximum atomic E-state index is 12.5. The number of aromatic nitrogens is 1. The summed E-state index contributed by atoms with van der Waals surface area (Å²) in [6.45, 7) is 0.488. The number of carbonyl (C=O) groups is 1. The van der Waals surface area contributed by atoms with E-state index in [1.54, 1.807) is 4.90 Å². The second-order valence-electron chi connectivity index (χ2n) is 7.46. The van der Waals surface area contributed by atoms with E-state index in [0.29, 0.717) is 18.1 Å². The van der Waals surface area contributed by atoms with Gasteiger partial charge in [0.05, 0.1) is 18.0 Å². The molecule has 5 rings (SSSR count). The van der Waals surface area contributed by atoms with Crippen LogP contribution in [0.15, 0.2) is 103 Å². The molecule has 170 valence electrons. The van der Waals surface area contributed by atoms with Crippen LogP contribution >= 0.6 is 55.0 Å². The van der Waals surface area contributed by atoms with Crippen molar-refractivity contribution in [3.63, 3.8) is 0 Å². The number of thiazole rings is 1. The SMILES string of the molecule is O=C1SC/C(=N/N=c2/scc(-c3ccc(Br)cc3)n2-c2ccc(Br)cc2)N1Cc1ccccc1. The van der Waals surface area contributed by atoms with Gasteiger partial charge < -0.3 is 0 Å². The van der Waals surface area contributed by atoms with Crippen molar-refractivity contribution < 1.29 is 4.79 Å². The van der Waals surface area contributed by atoms with E-state index in [-0.39, 0.29) is 5.24 Å². The minimum Gasteiger partial charge on any atom is -0.284 e. The van der Waals surface area contributed by atoms with E-state index in [4.69, 9.17) is 0 Å². The van der Waals surface area contributed by atoms with E-state index in [0.717, 1.165) is 36.3 Å². The number of carbonyl (C=O) groups excluding carboxylic acids is 1. The highest BCUT2D eigenvalue weighted by molar-refractivity contribution is 9.10. The molecule has 0 spiro atoms. The average molecular weight is 614 g/mol. The molecule has 3 aromatic carbocycles. The van der Waals surface area contributed by atoms with Gasteiger partial charge in [0.15, 0.2) is 0 Å². The molecule has 0 radical (unpaired) electrons.